The zero-order chi connectivity index (χ0) is 16.8. The number of rotatable bonds is 6. The lowest BCUT2D eigenvalue weighted by molar-refractivity contribution is -0.144. The van der Waals surface area contributed by atoms with Gasteiger partial charge in [-0.05, 0) is 31.4 Å². The number of carbonyl (C=O) groups excluding carboxylic acids is 1. The van der Waals surface area contributed by atoms with Crippen molar-refractivity contribution < 1.29 is 19.0 Å². The van der Waals surface area contributed by atoms with Gasteiger partial charge in [-0.25, -0.2) is 0 Å². The molecule has 0 N–H and O–H groups in total. The number of benzene rings is 1. The van der Waals surface area contributed by atoms with E-state index in [4.69, 9.17) is 14.2 Å². The quantitative estimate of drug-likeness (QED) is 0.808. The third-order valence-corrected chi connectivity index (χ3v) is 4.44. The number of hydrogen-bond donors (Lipinski definition) is 0. The summed E-state index contributed by atoms with van der Waals surface area (Å²) in [6.45, 7) is 3.35. The Morgan fingerprint density at radius 2 is 2.13 bits per heavy atom. The van der Waals surface area contributed by atoms with Crippen LogP contribution in [0.4, 0.5) is 0 Å². The molecular weight excluding hydrogens is 294 g/mol. The molecule has 1 aromatic rings. The Kier molecular flexibility index (Phi) is 6.28. The van der Waals surface area contributed by atoms with Gasteiger partial charge >= 0.3 is 0 Å². The topological polar surface area (TPSA) is 48.0 Å². The van der Waals surface area contributed by atoms with Gasteiger partial charge < -0.3 is 19.1 Å². The second-order valence-corrected chi connectivity index (χ2v) is 5.94. The van der Waals surface area contributed by atoms with Crippen molar-refractivity contribution in [1.82, 2.24) is 4.90 Å². The Bertz CT molecular complexity index is 532. The minimum absolute atomic E-state index is 0.0384. The molecule has 0 radical (unpaired) electrons. The summed E-state index contributed by atoms with van der Waals surface area (Å²) in [5.41, 5.74) is 0.967. The van der Waals surface area contributed by atoms with Crippen molar-refractivity contribution in [3.63, 3.8) is 0 Å². The van der Waals surface area contributed by atoms with E-state index >= 15 is 0 Å². The number of amides is 1. The zero-order valence-corrected chi connectivity index (χ0v) is 14.5. The number of methoxy groups -OCH3 is 2. The van der Waals surface area contributed by atoms with Gasteiger partial charge in [0.05, 0.1) is 26.2 Å². The Morgan fingerprint density at radius 1 is 1.35 bits per heavy atom. The van der Waals surface area contributed by atoms with Crippen molar-refractivity contribution in [2.24, 2.45) is 5.92 Å². The highest BCUT2D eigenvalue weighted by Gasteiger charge is 2.32. The van der Waals surface area contributed by atoms with Crippen molar-refractivity contribution in [1.29, 1.82) is 0 Å². The van der Waals surface area contributed by atoms with Crippen molar-refractivity contribution >= 4 is 5.91 Å². The fourth-order valence-electron chi connectivity index (χ4n) is 3.12. The van der Waals surface area contributed by atoms with Crippen LogP contribution < -0.4 is 9.47 Å². The summed E-state index contributed by atoms with van der Waals surface area (Å²) in [6.07, 6.45) is 2.76. The summed E-state index contributed by atoms with van der Waals surface area (Å²) >= 11 is 0. The van der Waals surface area contributed by atoms with Crippen LogP contribution in [0.25, 0.3) is 0 Å². The molecule has 1 aromatic carbocycles. The van der Waals surface area contributed by atoms with Crippen LogP contribution in [0.5, 0.6) is 11.5 Å². The third-order valence-electron chi connectivity index (χ3n) is 4.44. The summed E-state index contributed by atoms with van der Waals surface area (Å²) in [4.78, 5) is 14.5. The maximum absolute atomic E-state index is 12.8. The van der Waals surface area contributed by atoms with E-state index in [1.54, 1.807) is 19.1 Å². The summed E-state index contributed by atoms with van der Waals surface area (Å²) in [5.74, 6) is 1.58. The molecule has 0 spiro atoms. The molecule has 0 aliphatic carbocycles. The van der Waals surface area contributed by atoms with Crippen LogP contribution in [0.1, 0.15) is 31.7 Å². The average molecular weight is 321 g/mol. The molecule has 5 heteroatoms. The molecule has 0 bridgehead atoms. The second-order valence-electron chi connectivity index (χ2n) is 5.94. The molecule has 128 valence electrons. The zero-order valence-electron chi connectivity index (χ0n) is 14.5. The second kappa shape index (κ2) is 8.20. The first kappa shape index (κ1) is 17.6. The van der Waals surface area contributed by atoms with Crippen LogP contribution in [0.3, 0.4) is 0 Å². The predicted molar refractivity (Wildman–Crippen MR) is 88.8 cm³/mol. The number of ether oxygens (including phenoxy) is 3. The lowest BCUT2D eigenvalue weighted by Gasteiger charge is -2.33. The van der Waals surface area contributed by atoms with Crippen molar-refractivity contribution in [3.05, 3.63) is 23.8 Å². The van der Waals surface area contributed by atoms with E-state index in [0.29, 0.717) is 6.54 Å². The van der Waals surface area contributed by atoms with Crippen LogP contribution in [-0.4, -0.2) is 44.8 Å². The number of hydrogen-bond acceptors (Lipinski definition) is 4. The Balaban J connectivity index is 2.08. The van der Waals surface area contributed by atoms with E-state index in [1.807, 2.05) is 25.2 Å². The van der Waals surface area contributed by atoms with Gasteiger partial charge in [-0.2, -0.15) is 0 Å². The van der Waals surface area contributed by atoms with Crippen molar-refractivity contribution in [2.75, 3.05) is 27.9 Å². The first-order chi connectivity index (χ1) is 11.1. The van der Waals surface area contributed by atoms with Crippen LogP contribution in [0.2, 0.25) is 0 Å². The highest BCUT2D eigenvalue weighted by Crippen LogP contribution is 2.28. The number of carbonyl (C=O) groups is 1. The standard InChI is InChI=1S/C18H27NO4/c1-5-16-15(7-6-10-23-16)18(20)19(2)12-13-8-9-14(21-3)11-17(13)22-4/h8-9,11,15-16H,5-7,10,12H2,1-4H3/t15-,16-/m1/s1. The van der Waals surface area contributed by atoms with Crippen molar-refractivity contribution in [3.8, 4) is 11.5 Å². The normalized spacial score (nSPS) is 20.9. The average Bonchev–Trinajstić information content (AvgIpc) is 2.61. The van der Waals surface area contributed by atoms with Gasteiger partial charge in [-0.3, -0.25) is 4.79 Å². The molecule has 1 aliphatic rings. The lowest BCUT2D eigenvalue weighted by atomic mass is 9.91. The molecular formula is C18H27NO4. The summed E-state index contributed by atoms with van der Waals surface area (Å²) in [5, 5.41) is 0. The molecule has 23 heavy (non-hydrogen) atoms. The minimum atomic E-state index is -0.0389. The highest BCUT2D eigenvalue weighted by molar-refractivity contribution is 5.79. The van der Waals surface area contributed by atoms with E-state index in [0.717, 1.165) is 42.9 Å². The van der Waals surface area contributed by atoms with E-state index in [2.05, 4.69) is 6.92 Å². The number of nitrogens with zero attached hydrogens (tertiary/aromatic N) is 1. The van der Waals surface area contributed by atoms with Gasteiger partial charge in [0.1, 0.15) is 11.5 Å². The molecule has 2 rings (SSSR count). The molecule has 0 saturated carbocycles. The Labute approximate surface area is 138 Å². The molecule has 1 aliphatic heterocycles. The van der Waals surface area contributed by atoms with Crippen LogP contribution >= 0.6 is 0 Å². The van der Waals surface area contributed by atoms with Crippen LogP contribution in [0, 0.1) is 5.92 Å². The van der Waals surface area contributed by atoms with Crippen LogP contribution in [0.15, 0.2) is 18.2 Å². The fraction of sp³-hybridized carbons (Fsp3) is 0.611. The third kappa shape index (κ3) is 4.16. The lowest BCUT2D eigenvalue weighted by Crippen LogP contribution is -2.42. The van der Waals surface area contributed by atoms with Gasteiger partial charge in [-0.15, -0.1) is 0 Å². The fourth-order valence-corrected chi connectivity index (χ4v) is 3.12. The minimum Gasteiger partial charge on any atom is -0.497 e. The van der Waals surface area contributed by atoms with Gasteiger partial charge in [-0.1, -0.05) is 6.92 Å². The molecule has 5 nitrogen and oxygen atoms in total. The van der Waals surface area contributed by atoms with E-state index in [1.165, 1.54) is 0 Å². The molecule has 1 fully saturated rings. The van der Waals surface area contributed by atoms with Crippen LogP contribution in [-0.2, 0) is 16.1 Å². The monoisotopic (exact) mass is 321 g/mol. The predicted octanol–water partition coefficient (Wildman–Crippen LogP) is 2.87. The van der Waals surface area contributed by atoms with E-state index in [-0.39, 0.29) is 17.9 Å². The van der Waals surface area contributed by atoms with E-state index < -0.39 is 0 Å². The molecule has 1 heterocycles. The van der Waals surface area contributed by atoms with Gasteiger partial charge in [0.15, 0.2) is 0 Å². The highest BCUT2D eigenvalue weighted by atomic mass is 16.5. The molecule has 1 saturated heterocycles. The SMILES string of the molecule is CC[C@H]1OCCC[C@H]1C(=O)N(C)Cc1ccc(OC)cc1OC. The Hall–Kier alpha value is -1.75. The maximum Gasteiger partial charge on any atom is 0.228 e. The smallest absolute Gasteiger partial charge is 0.228 e. The first-order valence-electron chi connectivity index (χ1n) is 8.18. The van der Waals surface area contributed by atoms with Gasteiger partial charge in [0.25, 0.3) is 0 Å². The van der Waals surface area contributed by atoms with Gasteiger partial charge in [0.2, 0.25) is 5.91 Å². The largest absolute Gasteiger partial charge is 0.497 e. The molecule has 1 amide bonds. The molecule has 2 atom stereocenters. The first-order valence-corrected chi connectivity index (χ1v) is 8.18. The summed E-state index contributed by atoms with van der Waals surface area (Å²) in [7, 11) is 5.09. The molecule has 0 unspecified atom stereocenters. The maximum atomic E-state index is 12.8. The van der Waals surface area contributed by atoms with Gasteiger partial charge in [0, 0.05) is 31.8 Å². The van der Waals surface area contributed by atoms with E-state index in [9.17, 15) is 4.79 Å². The Morgan fingerprint density at radius 3 is 2.78 bits per heavy atom. The molecule has 0 aromatic heterocycles. The van der Waals surface area contributed by atoms with Crippen molar-refractivity contribution in [2.45, 2.75) is 38.8 Å². The summed E-state index contributed by atoms with van der Waals surface area (Å²) < 4.78 is 16.4. The summed E-state index contributed by atoms with van der Waals surface area (Å²) in [6, 6.07) is 5.66.